The lowest BCUT2D eigenvalue weighted by Crippen LogP contribution is -2.36. The molecule has 0 bridgehead atoms. The Morgan fingerprint density at radius 1 is 1.82 bits per heavy atom. The number of carboxylic acid groups (broad SMARTS) is 1. The number of rotatable bonds is 3. The van der Waals surface area contributed by atoms with Gasteiger partial charge in [0.1, 0.15) is 6.04 Å². The Bertz CT molecular complexity index is 151. The van der Waals surface area contributed by atoms with Crippen LogP contribution in [0.3, 0.4) is 0 Å². The first-order valence-electron chi connectivity index (χ1n) is 3.84. The van der Waals surface area contributed by atoms with Crippen molar-refractivity contribution in [1.82, 2.24) is 5.32 Å². The van der Waals surface area contributed by atoms with Crippen LogP contribution in [0.25, 0.3) is 0 Å². The van der Waals surface area contributed by atoms with Gasteiger partial charge in [0.15, 0.2) is 0 Å². The van der Waals surface area contributed by atoms with Crippen molar-refractivity contribution in [2.24, 2.45) is 0 Å². The standard InChI is InChI=1S/C7H13NO2S/c1-2-3-6-8-5(4-11-6)7(9)10/h5-6,8H,2-4H2,1H3,(H,9,10)/t5-,6+/m1/s1. The van der Waals surface area contributed by atoms with Crippen molar-refractivity contribution < 1.29 is 9.90 Å². The average Bonchev–Trinajstić information content (AvgIpc) is 2.37. The summed E-state index contributed by atoms with van der Waals surface area (Å²) in [4.78, 5) is 10.5. The highest BCUT2D eigenvalue weighted by Crippen LogP contribution is 2.22. The zero-order chi connectivity index (χ0) is 8.27. The smallest absolute Gasteiger partial charge is 0.321 e. The Hall–Kier alpha value is -0.220. The van der Waals surface area contributed by atoms with Crippen LogP contribution in [0, 0.1) is 0 Å². The van der Waals surface area contributed by atoms with E-state index in [0.717, 1.165) is 12.8 Å². The van der Waals surface area contributed by atoms with Gasteiger partial charge in [0, 0.05) is 5.75 Å². The summed E-state index contributed by atoms with van der Waals surface area (Å²) in [6.45, 7) is 2.11. The van der Waals surface area contributed by atoms with Gasteiger partial charge in [-0.15, -0.1) is 11.8 Å². The molecule has 2 N–H and O–H groups in total. The van der Waals surface area contributed by atoms with Gasteiger partial charge in [-0.2, -0.15) is 0 Å². The number of carboxylic acids is 1. The van der Waals surface area contributed by atoms with Gasteiger partial charge in [0.25, 0.3) is 0 Å². The van der Waals surface area contributed by atoms with E-state index in [-0.39, 0.29) is 6.04 Å². The fraction of sp³-hybridized carbons (Fsp3) is 0.857. The Labute approximate surface area is 70.6 Å². The van der Waals surface area contributed by atoms with Crippen LogP contribution in [0.2, 0.25) is 0 Å². The van der Waals surface area contributed by atoms with E-state index >= 15 is 0 Å². The van der Waals surface area contributed by atoms with Gasteiger partial charge in [0.2, 0.25) is 0 Å². The summed E-state index contributed by atoms with van der Waals surface area (Å²) >= 11 is 1.71. The lowest BCUT2D eigenvalue weighted by Gasteiger charge is -2.07. The first kappa shape index (κ1) is 8.87. The molecule has 1 fully saturated rings. The molecular weight excluding hydrogens is 162 g/mol. The first-order valence-corrected chi connectivity index (χ1v) is 4.89. The Kier molecular flexibility index (Phi) is 3.20. The van der Waals surface area contributed by atoms with Crippen molar-refractivity contribution in [2.75, 3.05) is 5.75 Å². The van der Waals surface area contributed by atoms with E-state index in [2.05, 4.69) is 12.2 Å². The second kappa shape index (κ2) is 3.97. The van der Waals surface area contributed by atoms with E-state index in [1.54, 1.807) is 11.8 Å². The monoisotopic (exact) mass is 175 g/mol. The third kappa shape index (κ3) is 2.38. The van der Waals surface area contributed by atoms with E-state index < -0.39 is 5.97 Å². The van der Waals surface area contributed by atoms with Crippen molar-refractivity contribution in [3.05, 3.63) is 0 Å². The highest BCUT2D eigenvalue weighted by atomic mass is 32.2. The van der Waals surface area contributed by atoms with Crippen LogP contribution in [0.4, 0.5) is 0 Å². The molecule has 1 heterocycles. The minimum Gasteiger partial charge on any atom is -0.480 e. The summed E-state index contributed by atoms with van der Waals surface area (Å²) in [5, 5.41) is 12.0. The molecule has 0 aromatic rings. The number of carbonyl (C=O) groups is 1. The van der Waals surface area contributed by atoms with Crippen LogP contribution in [0.1, 0.15) is 19.8 Å². The summed E-state index contributed by atoms with van der Waals surface area (Å²) in [5.41, 5.74) is 0. The molecule has 11 heavy (non-hydrogen) atoms. The Balaban J connectivity index is 2.29. The third-order valence-corrected chi connectivity index (χ3v) is 3.00. The molecule has 0 amide bonds. The number of aliphatic carboxylic acids is 1. The molecule has 0 spiro atoms. The summed E-state index contributed by atoms with van der Waals surface area (Å²) < 4.78 is 0. The molecule has 64 valence electrons. The fourth-order valence-corrected chi connectivity index (χ4v) is 2.43. The van der Waals surface area contributed by atoms with Gasteiger partial charge in [0.05, 0.1) is 5.37 Å². The second-order valence-electron chi connectivity index (χ2n) is 2.67. The minimum absolute atomic E-state index is 0.323. The largest absolute Gasteiger partial charge is 0.480 e. The van der Waals surface area contributed by atoms with Crippen LogP contribution < -0.4 is 5.32 Å². The molecule has 2 atom stereocenters. The van der Waals surface area contributed by atoms with Crippen LogP contribution in [0.15, 0.2) is 0 Å². The molecule has 0 aromatic heterocycles. The number of hydrogen-bond acceptors (Lipinski definition) is 3. The van der Waals surface area contributed by atoms with Crippen molar-refractivity contribution in [1.29, 1.82) is 0 Å². The molecule has 0 radical (unpaired) electrons. The van der Waals surface area contributed by atoms with Crippen molar-refractivity contribution in [3.63, 3.8) is 0 Å². The molecule has 1 aliphatic rings. The van der Waals surface area contributed by atoms with Crippen LogP contribution in [0.5, 0.6) is 0 Å². The van der Waals surface area contributed by atoms with Crippen molar-refractivity contribution in [3.8, 4) is 0 Å². The fourth-order valence-electron chi connectivity index (χ4n) is 1.10. The zero-order valence-electron chi connectivity index (χ0n) is 6.54. The predicted octanol–water partition coefficient (Wildman–Crippen LogP) is 0.902. The van der Waals surface area contributed by atoms with Gasteiger partial charge in [-0.1, -0.05) is 13.3 Å². The van der Waals surface area contributed by atoms with Crippen LogP contribution in [-0.2, 0) is 4.79 Å². The summed E-state index contributed by atoms with van der Waals surface area (Å²) in [6.07, 6.45) is 2.17. The summed E-state index contributed by atoms with van der Waals surface area (Å²) in [6, 6.07) is -0.323. The van der Waals surface area contributed by atoms with Crippen molar-refractivity contribution in [2.45, 2.75) is 31.2 Å². The summed E-state index contributed by atoms with van der Waals surface area (Å²) in [5.74, 6) is -0.0175. The number of hydrogen-bond donors (Lipinski definition) is 2. The zero-order valence-corrected chi connectivity index (χ0v) is 7.36. The normalized spacial score (nSPS) is 30.6. The SMILES string of the molecule is CCC[C@H]1N[C@@H](C(=O)O)CS1. The molecule has 3 nitrogen and oxygen atoms in total. The average molecular weight is 175 g/mol. The molecule has 1 saturated heterocycles. The van der Waals surface area contributed by atoms with Gasteiger partial charge in [-0.3, -0.25) is 10.1 Å². The topological polar surface area (TPSA) is 49.3 Å². The van der Waals surface area contributed by atoms with Gasteiger partial charge >= 0.3 is 5.97 Å². The predicted molar refractivity (Wildman–Crippen MR) is 45.7 cm³/mol. The van der Waals surface area contributed by atoms with Gasteiger partial charge in [-0.25, -0.2) is 0 Å². The highest BCUT2D eigenvalue weighted by molar-refractivity contribution is 8.00. The molecule has 0 aliphatic carbocycles. The number of nitrogens with one attached hydrogen (secondary N) is 1. The minimum atomic E-state index is -0.726. The van der Waals surface area contributed by atoms with Gasteiger partial charge < -0.3 is 5.11 Å². The van der Waals surface area contributed by atoms with Crippen molar-refractivity contribution >= 4 is 17.7 Å². The lowest BCUT2D eigenvalue weighted by atomic mass is 10.3. The molecule has 4 heteroatoms. The maximum atomic E-state index is 10.5. The van der Waals surface area contributed by atoms with E-state index in [4.69, 9.17) is 5.11 Å². The second-order valence-corrected chi connectivity index (χ2v) is 3.90. The molecule has 0 saturated carbocycles. The van der Waals surface area contributed by atoms with E-state index in [9.17, 15) is 4.79 Å². The Morgan fingerprint density at radius 3 is 3.00 bits per heavy atom. The quantitative estimate of drug-likeness (QED) is 0.669. The number of thioether (sulfide) groups is 1. The molecular formula is C7H13NO2S. The molecule has 1 rings (SSSR count). The van der Waals surface area contributed by atoms with E-state index in [0.29, 0.717) is 11.1 Å². The third-order valence-electron chi connectivity index (χ3n) is 1.70. The Morgan fingerprint density at radius 2 is 2.55 bits per heavy atom. The molecule has 1 aliphatic heterocycles. The van der Waals surface area contributed by atoms with E-state index in [1.807, 2.05) is 0 Å². The maximum absolute atomic E-state index is 10.5. The van der Waals surface area contributed by atoms with Crippen LogP contribution >= 0.6 is 11.8 Å². The molecule has 0 unspecified atom stereocenters. The lowest BCUT2D eigenvalue weighted by molar-refractivity contribution is -0.138. The highest BCUT2D eigenvalue weighted by Gasteiger charge is 2.28. The molecule has 0 aromatic carbocycles. The maximum Gasteiger partial charge on any atom is 0.321 e. The van der Waals surface area contributed by atoms with Gasteiger partial charge in [-0.05, 0) is 6.42 Å². The van der Waals surface area contributed by atoms with E-state index in [1.165, 1.54) is 0 Å². The first-order chi connectivity index (χ1) is 5.24. The van der Waals surface area contributed by atoms with Crippen LogP contribution in [-0.4, -0.2) is 28.2 Å². The summed E-state index contributed by atoms with van der Waals surface area (Å²) in [7, 11) is 0.